The van der Waals surface area contributed by atoms with Crippen molar-refractivity contribution < 1.29 is 0 Å². The Morgan fingerprint density at radius 2 is 2.12 bits per heavy atom. The predicted molar refractivity (Wildman–Crippen MR) is 79.6 cm³/mol. The second-order valence-corrected chi connectivity index (χ2v) is 7.05. The molecule has 2 rings (SSSR count). The number of rotatable bonds is 2. The van der Waals surface area contributed by atoms with Gasteiger partial charge in [0.2, 0.25) is 0 Å². The Kier molecular flexibility index (Phi) is 4.17. The zero-order chi connectivity index (χ0) is 12.5. The lowest BCUT2D eigenvalue weighted by Gasteiger charge is -2.39. The topological polar surface area (TPSA) is 12.0 Å². The number of anilines is 1. The summed E-state index contributed by atoms with van der Waals surface area (Å²) >= 11 is 14.2. The molecule has 0 spiro atoms. The molecule has 4 heteroatoms. The summed E-state index contributed by atoms with van der Waals surface area (Å²) in [4.78, 5) is 0. The van der Waals surface area contributed by atoms with Crippen molar-refractivity contribution in [2.24, 2.45) is 5.41 Å². The zero-order valence-corrected chi connectivity index (χ0v) is 12.4. The molecule has 0 radical (unpaired) electrons. The van der Waals surface area contributed by atoms with Crippen molar-refractivity contribution in [1.29, 1.82) is 0 Å². The van der Waals surface area contributed by atoms with Crippen molar-refractivity contribution in [3.8, 4) is 0 Å². The lowest BCUT2D eigenvalue weighted by molar-refractivity contribution is 0.305. The van der Waals surface area contributed by atoms with E-state index in [1.54, 1.807) is 0 Å². The average molecular weight is 290 g/mol. The Balaban J connectivity index is 2.17. The molecule has 1 heterocycles. The molecule has 94 valence electrons. The highest BCUT2D eigenvalue weighted by Gasteiger charge is 2.32. The summed E-state index contributed by atoms with van der Waals surface area (Å²) in [5, 5.41) is 4.78. The van der Waals surface area contributed by atoms with Crippen LogP contribution in [-0.4, -0.2) is 17.5 Å². The number of nitrogens with one attached hydrogen (secondary N) is 1. The first-order valence-electron chi connectivity index (χ1n) is 5.79. The van der Waals surface area contributed by atoms with Crippen LogP contribution in [0.5, 0.6) is 0 Å². The van der Waals surface area contributed by atoms with Crippen LogP contribution in [0.25, 0.3) is 0 Å². The first kappa shape index (κ1) is 13.4. The van der Waals surface area contributed by atoms with Crippen molar-refractivity contribution >= 4 is 40.7 Å². The van der Waals surface area contributed by atoms with Gasteiger partial charge in [0, 0.05) is 11.8 Å². The Hall–Kier alpha value is -0.0500. The maximum absolute atomic E-state index is 6.20. The van der Waals surface area contributed by atoms with Crippen LogP contribution in [0.15, 0.2) is 18.2 Å². The van der Waals surface area contributed by atoms with Gasteiger partial charge in [-0.3, -0.25) is 0 Å². The van der Waals surface area contributed by atoms with Gasteiger partial charge in [0.25, 0.3) is 0 Å². The lowest BCUT2D eigenvalue weighted by Crippen LogP contribution is -2.41. The summed E-state index contributed by atoms with van der Waals surface area (Å²) in [6, 6.07) is 6.18. The second kappa shape index (κ2) is 5.29. The Labute approximate surface area is 117 Å². The minimum Gasteiger partial charge on any atom is -0.380 e. The summed E-state index contributed by atoms with van der Waals surface area (Å²) in [6.07, 6.45) is 1.23. The van der Waals surface area contributed by atoms with Crippen LogP contribution >= 0.6 is 35.0 Å². The van der Waals surface area contributed by atoms with Crippen molar-refractivity contribution in [3.63, 3.8) is 0 Å². The Bertz CT molecular complexity index is 406. The van der Waals surface area contributed by atoms with E-state index in [0.29, 0.717) is 21.5 Å². The van der Waals surface area contributed by atoms with E-state index in [1.165, 1.54) is 12.2 Å². The molecule has 1 atom stereocenters. The standard InChI is InChI=1S/C13H17Cl2NS/c1-13(2)6-7-17-8-11(13)16-10-5-3-4-9(14)12(10)15/h3-5,11,16H,6-8H2,1-2H3. The highest BCUT2D eigenvalue weighted by molar-refractivity contribution is 7.99. The van der Waals surface area contributed by atoms with Gasteiger partial charge in [0.05, 0.1) is 15.7 Å². The second-order valence-electron chi connectivity index (χ2n) is 5.11. The molecule has 1 nitrogen and oxygen atoms in total. The number of thioether (sulfide) groups is 1. The molecule has 0 saturated carbocycles. The molecule has 1 aliphatic rings. The summed E-state index contributed by atoms with van der Waals surface area (Å²) in [5.74, 6) is 2.37. The molecule has 17 heavy (non-hydrogen) atoms. The van der Waals surface area contributed by atoms with E-state index < -0.39 is 0 Å². The summed E-state index contributed by atoms with van der Waals surface area (Å²) in [7, 11) is 0. The van der Waals surface area contributed by atoms with Gasteiger partial charge in [-0.25, -0.2) is 0 Å². The van der Waals surface area contributed by atoms with E-state index in [2.05, 4.69) is 19.2 Å². The molecule has 0 bridgehead atoms. The summed E-state index contributed by atoms with van der Waals surface area (Å²) < 4.78 is 0. The molecule has 1 saturated heterocycles. The van der Waals surface area contributed by atoms with Gasteiger partial charge in [-0.2, -0.15) is 11.8 Å². The third-order valence-corrected chi connectivity index (χ3v) is 5.28. The average Bonchev–Trinajstić information content (AvgIpc) is 2.27. The van der Waals surface area contributed by atoms with Crippen molar-refractivity contribution in [1.82, 2.24) is 0 Å². The maximum Gasteiger partial charge on any atom is 0.0823 e. The molecule has 1 unspecified atom stereocenters. The first-order valence-corrected chi connectivity index (χ1v) is 7.70. The van der Waals surface area contributed by atoms with Crippen LogP contribution < -0.4 is 5.32 Å². The minimum atomic E-state index is 0.302. The fraction of sp³-hybridized carbons (Fsp3) is 0.538. The van der Waals surface area contributed by atoms with Crippen molar-refractivity contribution in [2.45, 2.75) is 26.3 Å². The molecule has 0 aromatic heterocycles. The highest BCUT2D eigenvalue weighted by Crippen LogP contribution is 2.38. The molecule has 0 aliphatic carbocycles. The van der Waals surface area contributed by atoms with Crippen LogP contribution in [0.4, 0.5) is 5.69 Å². The lowest BCUT2D eigenvalue weighted by atomic mass is 9.82. The van der Waals surface area contributed by atoms with E-state index in [1.807, 2.05) is 30.0 Å². The van der Waals surface area contributed by atoms with Crippen LogP contribution in [0.2, 0.25) is 10.0 Å². The van der Waals surface area contributed by atoms with E-state index in [4.69, 9.17) is 23.2 Å². The smallest absolute Gasteiger partial charge is 0.0823 e. The fourth-order valence-electron chi connectivity index (χ4n) is 1.98. The van der Waals surface area contributed by atoms with E-state index in [0.717, 1.165) is 11.4 Å². The van der Waals surface area contributed by atoms with Gasteiger partial charge < -0.3 is 5.32 Å². The Morgan fingerprint density at radius 3 is 2.82 bits per heavy atom. The molecule has 1 N–H and O–H groups in total. The van der Waals surface area contributed by atoms with Crippen LogP contribution in [-0.2, 0) is 0 Å². The number of benzene rings is 1. The maximum atomic E-state index is 6.20. The van der Waals surface area contributed by atoms with Gasteiger partial charge in [-0.15, -0.1) is 0 Å². The van der Waals surface area contributed by atoms with Crippen molar-refractivity contribution in [2.75, 3.05) is 16.8 Å². The predicted octanol–water partition coefficient (Wildman–Crippen LogP) is 4.94. The van der Waals surface area contributed by atoms with E-state index in [9.17, 15) is 0 Å². The van der Waals surface area contributed by atoms with E-state index >= 15 is 0 Å². The van der Waals surface area contributed by atoms with Crippen molar-refractivity contribution in [3.05, 3.63) is 28.2 Å². The fourth-order valence-corrected chi connectivity index (χ4v) is 3.94. The monoisotopic (exact) mass is 289 g/mol. The van der Waals surface area contributed by atoms with E-state index in [-0.39, 0.29) is 0 Å². The third-order valence-electron chi connectivity index (χ3n) is 3.40. The molecule has 1 aromatic rings. The normalized spacial score (nSPS) is 23.4. The quantitative estimate of drug-likeness (QED) is 0.828. The molecule has 1 fully saturated rings. The van der Waals surface area contributed by atoms with Gasteiger partial charge in [-0.05, 0) is 29.7 Å². The number of hydrogen-bond acceptors (Lipinski definition) is 2. The van der Waals surface area contributed by atoms with Gasteiger partial charge in [0.1, 0.15) is 0 Å². The number of halogens is 2. The first-order chi connectivity index (χ1) is 8.00. The van der Waals surface area contributed by atoms with Crippen LogP contribution in [0.1, 0.15) is 20.3 Å². The SMILES string of the molecule is CC1(C)CCSCC1Nc1cccc(Cl)c1Cl. The molecular formula is C13H17Cl2NS. The van der Waals surface area contributed by atoms with Gasteiger partial charge in [-0.1, -0.05) is 43.1 Å². The summed E-state index contributed by atoms with van der Waals surface area (Å²) in [5.41, 5.74) is 1.25. The molecule has 1 aliphatic heterocycles. The summed E-state index contributed by atoms with van der Waals surface area (Å²) in [6.45, 7) is 4.62. The molecular weight excluding hydrogens is 273 g/mol. The third kappa shape index (κ3) is 3.04. The highest BCUT2D eigenvalue weighted by atomic mass is 35.5. The molecule has 0 amide bonds. The minimum absolute atomic E-state index is 0.302. The number of hydrogen-bond donors (Lipinski definition) is 1. The van der Waals surface area contributed by atoms with Crippen LogP contribution in [0.3, 0.4) is 0 Å². The van der Waals surface area contributed by atoms with Gasteiger partial charge >= 0.3 is 0 Å². The zero-order valence-electron chi connectivity index (χ0n) is 10.1. The van der Waals surface area contributed by atoms with Crippen LogP contribution in [0, 0.1) is 5.41 Å². The Morgan fingerprint density at radius 1 is 1.35 bits per heavy atom. The van der Waals surface area contributed by atoms with Gasteiger partial charge in [0.15, 0.2) is 0 Å². The molecule has 1 aromatic carbocycles. The largest absolute Gasteiger partial charge is 0.380 e.